The van der Waals surface area contributed by atoms with Gasteiger partial charge in [0.05, 0.1) is 5.69 Å². The normalized spacial score (nSPS) is 18.2. The van der Waals surface area contributed by atoms with Crippen LogP contribution in [0, 0.1) is 0 Å². The minimum atomic E-state index is 0. The predicted octanol–water partition coefficient (Wildman–Crippen LogP) is 1.84. The van der Waals surface area contributed by atoms with Crippen LogP contribution < -0.4 is 15.5 Å². The molecular weight excluding hydrogens is 385 g/mol. The molecule has 1 aromatic heterocycles. The average molecular weight is 407 g/mol. The molecule has 5 nitrogen and oxygen atoms in total. The van der Waals surface area contributed by atoms with Crippen LogP contribution in [0.2, 0.25) is 0 Å². The van der Waals surface area contributed by atoms with Crippen LogP contribution in [0.3, 0.4) is 0 Å². The minimum Gasteiger partial charge on any atom is -0.356 e. The molecule has 1 aromatic rings. The smallest absolute Gasteiger partial charge is 0.191 e. The maximum absolute atomic E-state index is 4.72. The summed E-state index contributed by atoms with van der Waals surface area (Å²) in [6.45, 7) is 5.21. The first-order valence-corrected chi connectivity index (χ1v) is 8.01. The Bertz CT molecular complexity index is 442. The lowest BCUT2D eigenvalue weighted by Gasteiger charge is -2.15. The van der Waals surface area contributed by atoms with E-state index in [2.05, 4.69) is 25.9 Å². The van der Waals surface area contributed by atoms with Crippen LogP contribution in [0.4, 0.5) is 5.13 Å². The number of hydrogen-bond donors (Lipinski definition) is 2. The fraction of sp³-hybridized carbons (Fsp3) is 0.692. The molecule has 1 fully saturated rings. The molecule has 1 saturated heterocycles. The molecule has 2 N–H and O–H groups in total. The molecule has 0 amide bonds. The van der Waals surface area contributed by atoms with Crippen molar-refractivity contribution in [1.29, 1.82) is 0 Å². The zero-order valence-corrected chi connectivity index (χ0v) is 14.7. The highest BCUT2D eigenvalue weighted by Crippen LogP contribution is 2.24. The quantitative estimate of drug-likeness (QED) is 0.749. The van der Waals surface area contributed by atoms with Gasteiger partial charge in [0.25, 0.3) is 0 Å². The van der Waals surface area contributed by atoms with Crippen LogP contribution in [-0.2, 0) is 6.42 Å². The molecule has 2 aliphatic heterocycles. The molecule has 2 aliphatic rings. The number of nitrogens with zero attached hydrogens (tertiary/aromatic N) is 3. The van der Waals surface area contributed by atoms with Crippen molar-refractivity contribution < 1.29 is 0 Å². The summed E-state index contributed by atoms with van der Waals surface area (Å²) in [5, 5.41) is 9.99. The molecule has 3 heterocycles. The topological polar surface area (TPSA) is 52.6 Å². The third-order valence-corrected chi connectivity index (χ3v) is 4.44. The second-order valence-electron chi connectivity index (χ2n) is 5.00. The maximum Gasteiger partial charge on any atom is 0.191 e. The molecule has 0 saturated carbocycles. The Morgan fingerprint density at radius 3 is 2.90 bits per heavy atom. The van der Waals surface area contributed by atoms with Crippen molar-refractivity contribution in [3.8, 4) is 0 Å². The van der Waals surface area contributed by atoms with Gasteiger partial charge in [-0.15, -0.1) is 35.3 Å². The van der Waals surface area contributed by atoms with Crippen LogP contribution in [0.15, 0.2) is 10.4 Å². The van der Waals surface area contributed by atoms with Gasteiger partial charge in [0.1, 0.15) is 0 Å². The SMILES string of the molecule is I.c1sc(N2CCCC2)nc1CCNC1=NCCCN1. The molecule has 0 atom stereocenters. The van der Waals surface area contributed by atoms with E-state index in [0.29, 0.717) is 0 Å². The molecular formula is C13H22IN5S. The number of anilines is 1. The van der Waals surface area contributed by atoms with Gasteiger partial charge in [-0.1, -0.05) is 0 Å². The monoisotopic (exact) mass is 407 g/mol. The summed E-state index contributed by atoms with van der Waals surface area (Å²) in [5.41, 5.74) is 1.19. The summed E-state index contributed by atoms with van der Waals surface area (Å²) < 4.78 is 0. The van der Waals surface area contributed by atoms with E-state index >= 15 is 0 Å². The average Bonchev–Trinajstić information content (AvgIpc) is 3.10. The minimum absolute atomic E-state index is 0. The van der Waals surface area contributed by atoms with Gasteiger partial charge < -0.3 is 15.5 Å². The standard InChI is InChI=1S/C13H21N5S.HI/c1-2-9-18(8-1)13-17-11(10-19-13)4-7-16-12-14-5-3-6-15-12;/h10H,1-9H2,(H2,14,15,16);1H. The summed E-state index contributed by atoms with van der Waals surface area (Å²) in [6.07, 6.45) is 4.71. The molecule has 0 aromatic carbocycles. The number of guanidine groups is 1. The number of halogens is 1. The lowest BCUT2D eigenvalue weighted by Crippen LogP contribution is -2.41. The Hall–Kier alpha value is -0.570. The van der Waals surface area contributed by atoms with Gasteiger partial charge >= 0.3 is 0 Å². The fourth-order valence-corrected chi connectivity index (χ4v) is 3.34. The van der Waals surface area contributed by atoms with Crippen LogP contribution in [-0.4, -0.2) is 43.7 Å². The zero-order valence-electron chi connectivity index (χ0n) is 11.6. The van der Waals surface area contributed by atoms with E-state index < -0.39 is 0 Å². The van der Waals surface area contributed by atoms with E-state index in [-0.39, 0.29) is 24.0 Å². The Morgan fingerprint density at radius 2 is 2.15 bits per heavy atom. The lowest BCUT2D eigenvalue weighted by atomic mass is 10.3. The van der Waals surface area contributed by atoms with E-state index in [1.807, 2.05) is 0 Å². The predicted molar refractivity (Wildman–Crippen MR) is 95.6 cm³/mol. The second-order valence-corrected chi connectivity index (χ2v) is 5.84. The second kappa shape index (κ2) is 8.02. The van der Waals surface area contributed by atoms with Gasteiger partial charge in [0.15, 0.2) is 11.1 Å². The Labute approximate surface area is 141 Å². The van der Waals surface area contributed by atoms with Crippen LogP contribution in [0.1, 0.15) is 25.0 Å². The van der Waals surface area contributed by atoms with Gasteiger partial charge in [-0.25, -0.2) is 4.98 Å². The molecule has 7 heteroatoms. The van der Waals surface area contributed by atoms with Gasteiger partial charge in [-0.05, 0) is 19.3 Å². The Kier molecular flexibility index (Phi) is 6.34. The van der Waals surface area contributed by atoms with Crippen LogP contribution in [0.25, 0.3) is 0 Å². The van der Waals surface area contributed by atoms with Crippen molar-refractivity contribution in [2.24, 2.45) is 4.99 Å². The van der Waals surface area contributed by atoms with E-state index in [4.69, 9.17) is 4.98 Å². The summed E-state index contributed by atoms with van der Waals surface area (Å²) >= 11 is 1.77. The maximum atomic E-state index is 4.72. The number of aliphatic imine (C=N–C) groups is 1. The van der Waals surface area contributed by atoms with Gasteiger partial charge in [0, 0.05) is 44.5 Å². The van der Waals surface area contributed by atoms with Crippen molar-refractivity contribution in [1.82, 2.24) is 15.6 Å². The Balaban J connectivity index is 0.00000147. The molecule has 0 bridgehead atoms. The molecule has 0 spiro atoms. The fourth-order valence-electron chi connectivity index (χ4n) is 2.42. The van der Waals surface area contributed by atoms with Crippen LogP contribution >= 0.6 is 35.3 Å². The summed E-state index contributed by atoms with van der Waals surface area (Å²) in [4.78, 5) is 11.5. The zero-order chi connectivity index (χ0) is 12.9. The van der Waals surface area contributed by atoms with Crippen molar-refractivity contribution in [3.05, 3.63) is 11.1 Å². The summed E-state index contributed by atoms with van der Waals surface area (Å²) in [7, 11) is 0. The van der Waals surface area contributed by atoms with E-state index in [1.54, 1.807) is 11.3 Å². The van der Waals surface area contributed by atoms with Gasteiger partial charge in [-0.2, -0.15) is 0 Å². The van der Waals surface area contributed by atoms with Crippen molar-refractivity contribution in [2.45, 2.75) is 25.7 Å². The number of nitrogens with one attached hydrogen (secondary N) is 2. The van der Waals surface area contributed by atoms with E-state index in [0.717, 1.165) is 38.4 Å². The molecule has 0 aliphatic carbocycles. The number of aromatic nitrogens is 1. The summed E-state index contributed by atoms with van der Waals surface area (Å²) in [5.74, 6) is 0.946. The number of hydrogen-bond acceptors (Lipinski definition) is 6. The van der Waals surface area contributed by atoms with Gasteiger partial charge in [0.2, 0.25) is 0 Å². The summed E-state index contributed by atoms with van der Waals surface area (Å²) in [6, 6.07) is 0. The van der Waals surface area contributed by atoms with Crippen molar-refractivity contribution in [3.63, 3.8) is 0 Å². The van der Waals surface area contributed by atoms with E-state index in [1.165, 1.54) is 36.8 Å². The molecule has 0 radical (unpaired) electrons. The van der Waals surface area contributed by atoms with Crippen LogP contribution in [0.5, 0.6) is 0 Å². The van der Waals surface area contributed by atoms with Crippen molar-refractivity contribution in [2.75, 3.05) is 37.6 Å². The molecule has 112 valence electrons. The van der Waals surface area contributed by atoms with E-state index in [9.17, 15) is 0 Å². The number of thiazole rings is 1. The highest BCUT2D eigenvalue weighted by atomic mass is 127. The third kappa shape index (κ3) is 4.21. The first-order chi connectivity index (χ1) is 9.42. The molecule has 0 unspecified atom stereocenters. The highest BCUT2D eigenvalue weighted by molar-refractivity contribution is 14.0. The first-order valence-electron chi connectivity index (χ1n) is 7.13. The molecule has 3 rings (SSSR count). The largest absolute Gasteiger partial charge is 0.356 e. The lowest BCUT2D eigenvalue weighted by molar-refractivity contribution is 0.698. The van der Waals surface area contributed by atoms with Crippen molar-refractivity contribution >= 4 is 46.4 Å². The Morgan fingerprint density at radius 1 is 1.30 bits per heavy atom. The third-order valence-electron chi connectivity index (χ3n) is 3.49. The first kappa shape index (κ1) is 15.8. The molecule has 20 heavy (non-hydrogen) atoms. The number of rotatable bonds is 4. The highest BCUT2D eigenvalue weighted by Gasteiger charge is 2.15. The van der Waals surface area contributed by atoms with Gasteiger partial charge in [-0.3, -0.25) is 4.99 Å².